The van der Waals surface area contributed by atoms with Crippen molar-refractivity contribution in [1.82, 2.24) is 4.98 Å². The van der Waals surface area contributed by atoms with E-state index in [1.54, 1.807) is 11.3 Å². The van der Waals surface area contributed by atoms with E-state index in [1.807, 2.05) is 6.07 Å². The van der Waals surface area contributed by atoms with Crippen LogP contribution in [0, 0.1) is 0 Å². The van der Waals surface area contributed by atoms with Crippen molar-refractivity contribution >= 4 is 54.1 Å². The topological polar surface area (TPSA) is 15.8 Å². The first-order valence-corrected chi connectivity index (χ1v) is 7.22. The average Bonchev–Trinajstić information content (AvgIpc) is 2.83. The van der Waals surface area contributed by atoms with Gasteiger partial charge < -0.3 is 4.98 Å². The van der Waals surface area contributed by atoms with E-state index in [9.17, 15) is 0 Å². The third kappa shape index (κ3) is 1.65. The van der Waals surface area contributed by atoms with Crippen LogP contribution in [0.4, 0.5) is 0 Å². The molecular weight excluding hydrogens is 350 g/mol. The van der Waals surface area contributed by atoms with Gasteiger partial charge in [0.2, 0.25) is 0 Å². The van der Waals surface area contributed by atoms with Crippen LogP contribution in [-0.2, 0) is 0 Å². The van der Waals surface area contributed by atoms with Gasteiger partial charge in [-0.15, -0.1) is 11.3 Å². The zero-order valence-electron chi connectivity index (χ0n) is 8.13. The van der Waals surface area contributed by atoms with E-state index in [0.29, 0.717) is 0 Å². The van der Waals surface area contributed by atoms with Gasteiger partial charge in [-0.1, -0.05) is 15.9 Å². The molecule has 0 saturated carbocycles. The fourth-order valence-electron chi connectivity index (χ4n) is 1.80. The molecule has 2 heterocycles. The lowest BCUT2D eigenvalue weighted by Gasteiger charge is -1.97. The maximum Gasteiger partial charge on any atom is 0.0777 e. The van der Waals surface area contributed by atoms with Crippen molar-refractivity contribution in [3.8, 4) is 11.1 Å². The van der Waals surface area contributed by atoms with Crippen LogP contribution in [0.1, 0.15) is 0 Å². The summed E-state index contributed by atoms with van der Waals surface area (Å²) in [6.07, 6.45) is 2.06. The maximum absolute atomic E-state index is 3.58. The Morgan fingerprint density at radius 3 is 2.69 bits per heavy atom. The van der Waals surface area contributed by atoms with Gasteiger partial charge >= 0.3 is 0 Å². The Bertz CT molecular complexity index is 654. The minimum Gasteiger partial charge on any atom is -0.361 e. The number of H-pyrrole nitrogens is 1. The Morgan fingerprint density at radius 2 is 1.94 bits per heavy atom. The molecule has 0 radical (unpaired) electrons. The first-order chi connectivity index (χ1) is 7.75. The fraction of sp³-hybridized carbons (Fsp3) is 0. The molecule has 3 rings (SSSR count). The third-order valence-electron chi connectivity index (χ3n) is 2.55. The molecule has 1 nitrogen and oxygen atoms in total. The van der Waals surface area contributed by atoms with Crippen molar-refractivity contribution < 1.29 is 0 Å². The quantitative estimate of drug-likeness (QED) is 0.599. The standard InChI is InChI=1S/C12H7Br2NS/c13-7-1-2-11-9(5-7)10(6-15-11)8-3-4-16-12(8)14/h1-6,15H. The number of fused-ring (bicyclic) bond motifs is 1. The number of rotatable bonds is 1. The monoisotopic (exact) mass is 355 g/mol. The van der Waals surface area contributed by atoms with E-state index in [4.69, 9.17) is 0 Å². The summed E-state index contributed by atoms with van der Waals surface area (Å²) in [5.74, 6) is 0. The maximum atomic E-state index is 3.58. The molecule has 2 aromatic heterocycles. The van der Waals surface area contributed by atoms with E-state index in [2.05, 4.69) is 66.6 Å². The number of benzene rings is 1. The summed E-state index contributed by atoms with van der Waals surface area (Å²) in [4.78, 5) is 3.29. The van der Waals surface area contributed by atoms with Crippen LogP contribution in [0.3, 0.4) is 0 Å². The normalized spacial score (nSPS) is 11.1. The first kappa shape index (κ1) is 10.6. The Balaban J connectivity index is 2.32. The van der Waals surface area contributed by atoms with Gasteiger partial charge in [-0.2, -0.15) is 0 Å². The molecule has 0 unspecified atom stereocenters. The molecule has 80 valence electrons. The molecule has 0 saturated heterocycles. The van der Waals surface area contributed by atoms with Gasteiger partial charge in [0.05, 0.1) is 3.79 Å². The van der Waals surface area contributed by atoms with Crippen molar-refractivity contribution in [2.75, 3.05) is 0 Å². The average molecular weight is 357 g/mol. The second-order valence-corrected chi connectivity index (χ2v) is 6.65. The van der Waals surface area contributed by atoms with Crippen LogP contribution < -0.4 is 0 Å². The van der Waals surface area contributed by atoms with E-state index < -0.39 is 0 Å². The number of thiophene rings is 1. The largest absolute Gasteiger partial charge is 0.361 e. The van der Waals surface area contributed by atoms with Gasteiger partial charge in [-0.05, 0) is 45.6 Å². The molecule has 1 N–H and O–H groups in total. The number of aromatic amines is 1. The highest BCUT2D eigenvalue weighted by atomic mass is 79.9. The highest BCUT2D eigenvalue weighted by molar-refractivity contribution is 9.11. The SMILES string of the molecule is Brc1ccc2[nH]cc(-c3ccsc3Br)c2c1. The van der Waals surface area contributed by atoms with Crippen molar-refractivity contribution in [3.63, 3.8) is 0 Å². The van der Waals surface area contributed by atoms with Crippen LogP contribution in [0.25, 0.3) is 22.0 Å². The third-order valence-corrected chi connectivity index (χ3v) is 4.73. The van der Waals surface area contributed by atoms with Crippen molar-refractivity contribution in [1.29, 1.82) is 0 Å². The predicted octanol–water partition coefficient (Wildman–Crippen LogP) is 5.42. The smallest absolute Gasteiger partial charge is 0.0777 e. The molecule has 1 aromatic carbocycles. The molecule has 0 atom stereocenters. The van der Waals surface area contributed by atoms with Crippen molar-refractivity contribution in [2.24, 2.45) is 0 Å². The summed E-state index contributed by atoms with van der Waals surface area (Å²) in [6.45, 7) is 0. The molecule has 0 bridgehead atoms. The van der Waals surface area contributed by atoms with E-state index >= 15 is 0 Å². The molecule has 0 spiro atoms. The molecule has 0 aliphatic heterocycles. The Morgan fingerprint density at radius 1 is 1.06 bits per heavy atom. The van der Waals surface area contributed by atoms with Gasteiger partial charge in [0.1, 0.15) is 0 Å². The lowest BCUT2D eigenvalue weighted by Crippen LogP contribution is -1.72. The Kier molecular flexibility index (Phi) is 2.65. The van der Waals surface area contributed by atoms with Gasteiger partial charge in [-0.25, -0.2) is 0 Å². The zero-order valence-corrected chi connectivity index (χ0v) is 12.1. The Labute approximate surface area is 114 Å². The number of aromatic nitrogens is 1. The predicted molar refractivity (Wildman–Crippen MR) is 77.0 cm³/mol. The highest BCUT2D eigenvalue weighted by Gasteiger charge is 2.10. The molecule has 16 heavy (non-hydrogen) atoms. The minimum absolute atomic E-state index is 1.10. The van der Waals surface area contributed by atoms with Crippen LogP contribution in [0.2, 0.25) is 0 Å². The van der Waals surface area contributed by atoms with Crippen molar-refractivity contribution in [3.05, 3.63) is 44.1 Å². The van der Waals surface area contributed by atoms with Crippen LogP contribution >= 0.6 is 43.2 Å². The fourth-order valence-corrected chi connectivity index (χ4v) is 3.46. The lowest BCUT2D eigenvalue weighted by molar-refractivity contribution is 1.47. The molecule has 0 aliphatic rings. The molecule has 3 aromatic rings. The van der Waals surface area contributed by atoms with Crippen molar-refractivity contribution in [2.45, 2.75) is 0 Å². The van der Waals surface area contributed by atoms with E-state index in [1.165, 1.54) is 20.3 Å². The van der Waals surface area contributed by atoms with Gasteiger partial charge in [-0.3, -0.25) is 0 Å². The van der Waals surface area contributed by atoms with Crippen LogP contribution in [-0.4, -0.2) is 4.98 Å². The summed E-state index contributed by atoms with van der Waals surface area (Å²) in [6, 6.07) is 8.41. The summed E-state index contributed by atoms with van der Waals surface area (Å²) in [7, 11) is 0. The summed E-state index contributed by atoms with van der Waals surface area (Å²) in [5.41, 5.74) is 3.65. The summed E-state index contributed by atoms with van der Waals surface area (Å²) in [5, 5.41) is 3.34. The number of halogens is 2. The first-order valence-electron chi connectivity index (χ1n) is 4.76. The number of hydrogen-bond acceptors (Lipinski definition) is 1. The molecule has 0 amide bonds. The summed E-state index contributed by atoms with van der Waals surface area (Å²) >= 11 is 8.80. The van der Waals surface area contributed by atoms with Gasteiger partial charge in [0.25, 0.3) is 0 Å². The molecule has 0 fully saturated rings. The number of hydrogen-bond donors (Lipinski definition) is 1. The van der Waals surface area contributed by atoms with Gasteiger partial charge in [0.15, 0.2) is 0 Å². The number of nitrogens with one attached hydrogen (secondary N) is 1. The van der Waals surface area contributed by atoms with E-state index in [0.717, 1.165) is 9.99 Å². The van der Waals surface area contributed by atoms with E-state index in [-0.39, 0.29) is 0 Å². The second-order valence-electron chi connectivity index (χ2n) is 3.50. The Hall–Kier alpha value is -0.580. The zero-order chi connectivity index (χ0) is 11.1. The molecule has 0 aliphatic carbocycles. The molecular formula is C12H7Br2NS. The lowest BCUT2D eigenvalue weighted by atomic mass is 10.1. The van der Waals surface area contributed by atoms with Crippen LogP contribution in [0.15, 0.2) is 44.1 Å². The van der Waals surface area contributed by atoms with Crippen LogP contribution in [0.5, 0.6) is 0 Å². The summed E-state index contributed by atoms with van der Waals surface area (Å²) < 4.78 is 2.28. The second kappa shape index (κ2) is 4.02. The minimum atomic E-state index is 1.10. The highest BCUT2D eigenvalue weighted by Crippen LogP contribution is 2.37. The van der Waals surface area contributed by atoms with Gasteiger partial charge in [0, 0.05) is 32.7 Å². The molecule has 4 heteroatoms.